The van der Waals surface area contributed by atoms with Crippen LogP contribution in [-0.2, 0) is 11.2 Å². The van der Waals surface area contributed by atoms with Crippen LogP contribution in [0.1, 0.15) is 41.8 Å². The Balaban J connectivity index is 1.93. The highest BCUT2D eigenvalue weighted by Crippen LogP contribution is 2.11. The molecule has 0 saturated heterocycles. The van der Waals surface area contributed by atoms with E-state index >= 15 is 0 Å². The summed E-state index contributed by atoms with van der Waals surface area (Å²) in [6.07, 6.45) is 1.12. The first-order valence-corrected chi connectivity index (χ1v) is 9.36. The highest BCUT2D eigenvalue weighted by atomic mass is 32.1. The summed E-state index contributed by atoms with van der Waals surface area (Å²) in [5.74, 6) is -0.324. The average Bonchev–Trinajstić information content (AvgIpc) is 2.63. The van der Waals surface area contributed by atoms with E-state index in [4.69, 9.17) is 12.2 Å². The van der Waals surface area contributed by atoms with Crippen molar-refractivity contribution in [2.45, 2.75) is 39.7 Å². The zero-order chi connectivity index (χ0) is 19.8. The lowest BCUT2D eigenvalue weighted by Gasteiger charge is -2.13. The lowest BCUT2D eigenvalue weighted by atomic mass is 10.1. The normalized spacial score (nSPS) is 11.4. The SMILES string of the molecule is CCC(C)NC(=O)c1cccc(NC(=S)NC(=O)Cc2ccccc2C)c1. The van der Waals surface area contributed by atoms with Crippen LogP contribution in [0.2, 0.25) is 0 Å². The van der Waals surface area contributed by atoms with Gasteiger partial charge in [-0.15, -0.1) is 0 Å². The fourth-order valence-electron chi connectivity index (χ4n) is 2.46. The van der Waals surface area contributed by atoms with Gasteiger partial charge >= 0.3 is 0 Å². The maximum absolute atomic E-state index is 12.2. The molecule has 0 heterocycles. The van der Waals surface area contributed by atoms with Crippen molar-refractivity contribution in [2.24, 2.45) is 0 Å². The van der Waals surface area contributed by atoms with Crippen LogP contribution in [-0.4, -0.2) is 23.0 Å². The number of nitrogens with one attached hydrogen (secondary N) is 3. The van der Waals surface area contributed by atoms with Crippen LogP contribution in [0.5, 0.6) is 0 Å². The maximum Gasteiger partial charge on any atom is 0.251 e. The number of amides is 2. The predicted molar refractivity (Wildman–Crippen MR) is 113 cm³/mol. The minimum absolute atomic E-state index is 0.107. The van der Waals surface area contributed by atoms with E-state index in [0.29, 0.717) is 11.3 Å². The number of aryl methyl sites for hydroxylation is 1. The van der Waals surface area contributed by atoms with Gasteiger partial charge in [-0.1, -0.05) is 37.3 Å². The summed E-state index contributed by atoms with van der Waals surface area (Å²) in [6, 6.07) is 14.8. The van der Waals surface area contributed by atoms with Crippen molar-refractivity contribution in [3.05, 3.63) is 65.2 Å². The fraction of sp³-hybridized carbons (Fsp3) is 0.286. The number of carbonyl (C=O) groups is 2. The monoisotopic (exact) mass is 383 g/mol. The second kappa shape index (κ2) is 9.83. The molecule has 0 aliphatic heterocycles. The van der Waals surface area contributed by atoms with E-state index in [-0.39, 0.29) is 29.4 Å². The number of rotatable bonds is 6. The van der Waals surface area contributed by atoms with Gasteiger partial charge in [0.2, 0.25) is 5.91 Å². The second-order valence-corrected chi connectivity index (χ2v) is 6.88. The Morgan fingerprint density at radius 3 is 2.56 bits per heavy atom. The van der Waals surface area contributed by atoms with Crippen molar-refractivity contribution >= 4 is 34.8 Å². The molecule has 0 saturated carbocycles. The quantitative estimate of drug-likeness (QED) is 0.667. The lowest BCUT2D eigenvalue weighted by molar-refractivity contribution is -0.119. The van der Waals surface area contributed by atoms with E-state index in [9.17, 15) is 9.59 Å². The third-order valence-corrected chi connectivity index (χ3v) is 4.44. The molecule has 27 heavy (non-hydrogen) atoms. The molecule has 0 fully saturated rings. The van der Waals surface area contributed by atoms with Crippen molar-refractivity contribution in [2.75, 3.05) is 5.32 Å². The number of thiocarbonyl (C=S) groups is 1. The summed E-state index contributed by atoms with van der Waals surface area (Å²) in [7, 11) is 0. The predicted octanol–water partition coefficient (Wildman–Crippen LogP) is 3.58. The van der Waals surface area contributed by atoms with Crippen molar-refractivity contribution in [3.8, 4) is 0 Å². The summed E-state index contributed by atoms with van der Waals surface area (Å²) in [5, 5.41) is 8.75. The van der Waals surface area contributed by atoms with Gasteiger partial charge in [-0.3, -0.25) is 9.59 Å². The Hall–Kier alpha value is -2.73. The molecule has 0 aliphatic rings. The molecule has 2 aromatic rings. The Labute approximate surface area is 165 Å². The summed E-state index contributed by atoms with van der Waals surface area (Å²) in [5.41, 5.74) is 3.20. The molecule has 2 aromatic carbocycles. The number of hydrogen-bond donors (Lipinski definition) is 3. The smallest absolute Gasteiger partial charge is 0.251 e. The summed E-state index contributed by atoms with van der Waals surface area (Å²) in [6.45, 7) is 5.94. The van der Waals surface area contributed by atoms with Gasteiger partial charge in [-0.05, 0) is 61.8 Å². The third kappa shape index (κ3) is 6.49. The van der Waals surface area contributed by atoms with E-state index < -0.39 is 0 Å². The highest BCUT2D eigenvalue weighted by Gasteiger charge is 2.11. The number of anilines is 1. The van der Waals surface area contributed by atoms with Crippen LogP contribution in [0.4, 0.5) is 5.69 Å². The van der Waals surface area contributed by atoms with Crippen LogP contribution in [0.15, 0.2) is 48.5 Å². The molecule has 1 unspecified atom stereocenters. The molecule has 2 amide bonds. The van der Waals surface area contributed by atoms with Gasteiger partial charge in [-0.25, -0.2) is 0 Å². The topological polar surface area (TPSA) is 70.2 Å². The largest absolute Gasteiger partial charge is 0.350 e. The van der Waals surface area contributed by atoms with Crippen LogP contribution in [0, 0.1) is 6.92 Å². The Morgan fingerprint density at radius 1 is 1.11 bits per heavy atom. The van der Waals surface area contributed by atoms with E-state index in [2.05, 4.69) is 16.0 Å². The Kier molecular flexibility index (Phi) is 7.49. The van der Waals surface area contributed by atoms with E-state index in [0.717, 1.165) is 17.5 Å². The molecule has 5 nitrogen and oxygen atoms in total. The minimum Gasteiger partial charge on any atom is -0.350 e. The van der Waals surface area contributed by atoms with Gasteiger partial charge in [0.05, 0.1) is 6.42 Å². The zero-order valence-corrected chi connectivity index (χ0v) is 16.7. The zero-order valence-electron chi connectivity index (χ0n) is 15.8. The van der Waals surface area contributed by atoms with Crippen LogP contribution in [0.3, 0.4) is 0 Å². The number of carbonyl (C=O) groups excluding carboxylic acids is 2. The molecular formula is C21H25N3O2S. The minimum atomic E-state index is -0.188. The molecule has 6 heteroatoms. The molecule has 2 rings (SSSR count). The maximum atomic E-state index is 12.2. The first kappa shape index (κ1) is 20.6. The fourth-order valence-corrected chi connectivity index (χ4v) is 2.69. The molecule has 1 atom stereocenters. The van der Waals surface area contributed by atoms with E-state index in [1.165, 1.54) is 0 Å². The van der Waals surface area contributed by atoms with E-state index in [1.54, 1.807) is 24.3 Å². The van der Waals surface area contributed by atoms with Crippen LogP contribution in [0.25, 0.3) is 0 Å². The van der Waals surface area contributed by atoms with Gasteiger partial charge < -0.3 is 16.0 Å². The van der Waals surface area contributed by atoms with Gasteiger partial charge in [-0.2, -0.15) is 0 Å². The summed E-state index contributed by atoms with van der Waals surface area (Å²) in [4.78, 5) is 24.4. The van der Waals surface area contributed by atoms with Gasteiger partial charge in [0.15, 0.2) is 5.11 Å². The second-order valence-electron chi connectivity index (χ2n) is 6.47. The first-order chi connectivity index (χ1) is 12.9. The Morgan fingerprint density at radius 2 is 1.85 bits per heavy atom. The molecular weight excluding hydrogens is 358 g/mol. The van der Waals surface area contributed by atoms with Crippen molar-refractivity contribution in [1.82, 2.24) is 10.6 Å². The number of benzene rings is 2. The van der Waals surface area contributed by atoms with Crippen LogP contribution < -0.4 is 16.0 Å². The van der Waals surface area contributed by atoms with Crippen molar-refractivity contribution < 1.29 is 9.59 Å². The molecule has 0 aromatic heterocycles. The molecule has 0 spiro atoms. The van der Waals surface area contributed by atoms with Gasteiger partial charge in [0.25, 0.3) is 5.91 Å². The standard InChI is InChI=1S/C21H25N3O2S/c1-4-15(3)22-20(26)17-10-7-11-18(12-17)23-21(27)24-19(25)13-16-9-6-5-8-14(16)2/h5-12,15H,4,13H2,1-3H3,(H,22,26)(H2,23,24,25,27). The molecule has 3 N–H and O–H groups in total. The average molecular weight is 384 g/mol. The van der Waals surface area contributed by atoms with Crippen molar-refractivity contribution in [1.29, 1.82) is 0 Å². The van der Waals surface area contributed by atoms with E-state index in [1.807, 2.05) is 45.0 Å². The molecule has 0 bridgehead atoms. The first-order valence-electron chi connectivity index (χ1n) is 8.95. The van der Waals surface area contributed by atoms with Crippen LogP contribution >= 0.6 is 12.2 Å². The summed E-state index contributed by atoms with van der Waals surface area (Å²) < 4.78 is 0. The molecule has 0 radical (unpaired) electrons. The molecule has 142 valence electrons. The number of hydrogen-bond acceptors (Lipinski definition) is 3. The summed E-state index contributed by atoms with van der Waals surface area (Å²) >= 11 is 5.22. The van der Waals surface area contributed by atoms with Gasteiger partial charge in [0.1, 0.15) is 0 Å². The lowest BCUT2D eigenvalue weighted by Crippen LogP contribution is -2.35. The Bertz CT molecular complexity index is 836. The highest BCUT2D eigenvalue weighted by molar-refractivity contribution is 7.80. The van der Waals surface area contributed by atoms with Crippen molar-refractivity contribution in [3.63, 3.8) is 0 Å². The van der Waals surface area contributed by atoms with Gasteiger partial charge in [0, 0.05) is 17.3 Å². The third-order valence-electron chi connectivity index (χ3n) is 4.24. The molecule has 0 aliphatic carbocycles.